The van der Waals surface area contributed by atoms with Gasteiger partial charge in [0.2, 0.25) is 0 Å². The summed E-state index contributed by atoms with van der Waals surface area (Å²) in [7, 11) is 1.59. The van der Waals surface area contributed by atoms with Crippen LogP contribution in [0.1, 0.15) is 42.1 Å². The van der Waals surface area contributed by atoms with Crippen LogP contribution in [0.2, 0.25) is 0 Å². The first kappa shape index (κ1) is 27.1. The molecule has 8 heteroatoms. The van der Waals surface area contributed by atoms with E-state index >= 15 is 0 Å². The van der Waals surface area contributed by atoms with Crippen LogP contribution < -0.4 is 24.4 Å². The number of benzene rings is 3. The smallest absolute Gasteiger partial charge is 0.338 e. The summed E-state index contributed by atoms with van der Waals surface area (Å²) in [5.74, 6) is 0.626. The minimum atomic E-state index is -0.655. The molecule has 7 nitrogen and oxygen atoms in total. The van der Waals surface area contributed by atoms with Gasteiger partial charge in [-0.05, 0) is 44.0 Å². The van der Waals surface area contributed by atoms with Crippen LogP contribution in [-0.4, -0.2) is 24.3 Å². The highest BCUT2D eigenvalue weighted by atomic mass is 32.1. The first-order valence-corrected chi connectivity index (χ1v) is 13.8. The van der Waals surface area contributed by atoms with Crippen LogP contribution in [0.15, 0.2) is 93.9 Å². The number of esters is 1. The number of ether oxygens (including phenoxy) is 3. The van der Waals surface area contributed by atoms with E-state index in [1.54, 1.807) is 31.6 Å². The van der Waals surface area contributed by atoms with E-state index in [1.165, 1.54) is 11.3 Å². The predicted octanol–water partition coefficient (Wildman–Crippen LogP) is 4.69. The fourth-order valence-corrected chi connectivity index (χ4v) is 5.73. The van der Waals surface area contributed by atoms with Crippen molar-refractivity contribution in [3.05, 3.63) is 126 Å². The van der Waals surface area contributed by atoms with E-state index in [4.69, 9.17) is 14.2 Å². The molecule has 3 aromatic carbocycles. The second-order valence-corrected chi connectivity index (χ2v) is 10.4. The molecule has 1 atom stereocenters. The number of allylic oxidation sites excluding steroid dienone is 1. The van der Waals surface area contributed by atoms with Gasteiger partial charge in [-0.3, -0.25) is 9.36 Å². The van der Waals surface area contributed by atoms with Gasteiger partial charge in [0.1, 0.15) is 6.61 Å². The first-order valence-electron chi connectivity index (χ1n) is 13.0. The fourth-order valence-electron chi connectivity index (χ4n) is 4.69. The van der Waals surface area contributed by atoms with Crippen molar-refractivity contribution in [2.75, 3.05) is 13.7 Å². The summed E-state index contributed by atoms with van der Waals surface area (Å²) >= 11 is 1.27. The van der Waals surface area contributed by atoms with Crippen molar-refractivity contribution >= 4 is 23.4 Å². The van der Waals surface area contributed by atoms with E-state index in [0.717, 1.165) is 16.7 Å². The Kier molecular flexibility index (Phi) is 7.98. The van der Waals surface area contributed by atoms with Gasteiger partial charge in [0.05, 0.1) is 35.6 Å². The molecule has 0 fully saturated rings. The molecule has 0 spiro atoms. The third-order valence-electron chi connectivity index (χ3n) is 6.65. The lowest BCUT2D eigenvalue weighted by atomic mass is 9.95. The Morgan fingerprint density at radius 2 is 1.77 bits per heavy atom. The Morgan fingerprint density at radius 3 is 2.48 bits per heavy atom. The standard InChI is InChI=1S/C32H30N2O5S/c1-5-38-31(36)27-21(3)33-32-34(28(27)23-16-14-20(2)15-17-23)30(35)26(40-32)18-24-12-9-13-25(37-4)29(24)39-19-22-10-7-6-8-11-22/h6-18,28H,5,19H2,1-4H3/b26-18-/t28-/m0/s1. The molecule has 40 heavy (non-hydrogen) atoms. The quantitative estimate of drug-likeness (QED) is 0.295. The Labute approximate surface area is 236 Å². The largest absolute Gasteiger partial charge is 0.493 e. The molecule has 0 radical (unpaired) electrons. The van der Waals surface area contributed by atoms with Crippen LogP contribution in [-0.2, 0) is 16.1 Å². The number of hydrogen-bond acceptors (Lipinski definition) is 7. The zero-order valence-corrected chi connectivity index (χ0v) is 23.7. The zero-order chi connectivity index (χ0) is 28.2. The van der Waals surface area contributed by atoms with E-state index in [-0.39, 0.29) is 12.2 Å². The maximum Gasteiger partial charge on any atom is 0.338 e. The lowest BCUT2D eigenvalue weighted by molar-refractivity contribution is -0.139. The van der Waals surface area contributed by atoms with E-state index in [2.05, 4.69) is 4.99 Å². The van der Waals surface area contributed by atoms with Crippen molar-refractivity contribution < 1.29 is 19.0 Å². The average molecular weight is 555 g/mol. The molecule has 0 unspecified atom stereocenters. The zero-order valence-electron chi connectivity index (χ0n) is 22.8. The fraction of sp³-hybridized carbons (Fsp3) is 0.219. The summed E-state index contributed by atoms with van der Waals surface area (Å²) in [6, 6.07) is 22.6. The second-order valence-electron chi connectivity index (χ2n) is 9.37. The summed E-state index contributed by atoms with van der Waals surface area (Å²) in [5.41, 5.74) is 4.25. The average Bonchev–Trinajstić information content (AvgIpc) is 3.26. The Balaban J connectivity index is 1.64. The highest BCUT2D eigenvalue weighted by Crippen LogP contribution is 2.33. The monoisotopic (exact) mass is 554 g/mol. The van der Waals surface area contributed by atoms with Crippen molar-refractivity contribution in [2.24, 2.45) is 4.99 Å². The number of aryl methyl sites for hydroxylation is 1. The van der Waals surface area contributed by atoms with Crippen molar-refractivity contribution in [3.8, 4) is 11.5 Å². The van der Waals surface area contributed by atoms with Crippen LogP contribution in [0, 0.1) is 6.92 Å². The normalized spacial score (nSPS) is 14.9. The summed E-state index contributed by atoms with van der Waals surface area (Å²) in [5, 5.41) is 0. The van der Waals surface area contributed by atoms with Crippen LogP contribution in [0.3, 0.4) is 0 Å². The molecule has 0 saturated heterocycles. The molecule has 204 valence electrons. The summed E-state index contributed by atoms with van der Waals surface area (Å²) in [6.45, 7) is 6.10. The number of hydrogen-bond donors (Lipinski definition) is 0. The van der Waals surface area contributed by atoms with E-state index in [1.807, 2.05) is 79.7 Å². The Bertz CT molecular complexity index is 1750. The van der Waals surface area contributed by atoms with Crippen molar-refractivity contribution in [1.29, 1.82) is 0 Å². The molecule has 1 aliphatic rings. The molecule has 0 N–H and O–H groups in total. The van der Waals surface area contributed by atoms with Gasteiger partial charge in [-0.25, -0.2) is 9.79 Å². The molecule has 0 bridgehead atoms. The highest BCUT2D eigenvalue weighted by molar-refractivity contribution is 7.07. The molecule has 4 aromatic rings. The molecular weight excluding hydrogens is 524 g/mol. The van der Waals surface area contributed by atoms with Gasteiger partial charge in [0, 0.05) is 5.56 Å². The number of nitrogens with zero attached hydrogens (tertiary/aromatic N) is 2. The molecule has 2 heterocycles. The van der Waals surface area contributed by atoms with Crippen LogP contribution >= 0.6 is 11.3 Å². The summed E-state index contributed by atoms with van der Waals surface area (Å²) < 4.78 is 19.2. The molecule has 1 aliphatic heterocycles. The number of carbonyl (C=O) groups excluding carboxylic acids is 1. The SMILES string of the molecule is CCOC(=O)C1=C(C)N=c2s/c(=C\c3cccc(OC)c3OCc3ccccc3)c(=O)n2[C@H]1c1ccc(C)cc1. The Morgan fingerprint density at radius 1 is 1.02 bits per heavy atom. The number of carbonyl (C=O) groups is 1. The number of aromatic nitrogens is 1. The Hall–Kier alpha value is -4.43. The van der Waals surface area contributed by atoms with Gasteiger partial charge in [-0.2, -0.15) is 0 Å². The van der Waals surface area contributed by atoms with Crippen LogP contribution in [0.5, 0.6) is 11.5 Å². The highest BCUT2D eigenvalue weighted by Gasteiger charge is 2.33. The summed E-state index contributed by atoms with van der Waals surface area (Å²) in [4.78, 5) is 32.3. The lowest BCUT2D eigenvalue weighted by Crippen LogP contribution is -2.39. The van der Waals surface area contributed by atoms with Crippen molar-refractivity contribution in [2.45, 2.75) is 33.4 Å². The number of rotatable bonds is 8. The first-order chi connectivity index (χ1) is 19.4. The van der Waals surface area contributed by atoms with Crippen LogP contribution in [0.4, 0.5) is 0 Å². The molecule has 1 aromatic heterocycles. The van der Waals surface area contributed by atoms with Crippen LogP contribution in [0.25, 0.3) is 6.08 Å². The lowest BCUT2D eigenvalue weighted by Gasteiger charge is -2.24. The topological polar surface area (TPSA) is 79.1 Å². The number of thiazole rings is 1. The molecule has 5 rings (SSSR count). The maximum atomic E-state index is 14.0. The van der Waals surface area contributed by atoms with E-state index in [0.29, 0.717) is 44.3 Å². The minimum Gasteiger partial charge on any atom is -0.493 e. The molecule has 0 amide bonds. The third kappa shape index (κ3) is 5.35. The van der Waals surface area contributed by atoms with Gasteiger partial charge in [0.15, 0.2) is 16.3 Å². The molecular formula is C32H30N2O5S. The van der Waals surface area contributed by atoms with E-state index < -0.39 is 12.0 Å². The number of fused-ring (bicyclic) bond motifs is 1. The van der Waals surface area contributed by atoms with Gasteiger partial charge in [-0.1, -0.05) is 83.6 Å². The van der Waals surface area contributed by atoms with Gasteiger partial charge in [0.25, 0.3) is 5.56 Å². The second kappa shape index (κ2) is 11.8. The summed E-state index contributed by atoms with van der Waals surface area (Å²) in [6.07, 6.45) is 1.79. The number of para-hydroxylation sites is 1. The van der Waals surface area contributed by atoms with E-state index in [9.17, 15) is 9.59 Å². The maximum absolute atomic E-state index is 14.0. The molecule has 0 aliphatic carbocycles. The molecule has 0 saturated carbocycles. The minimum absolute atomic E-state index is 0.224. The number of methoxy groups -OCH3 is 1. The predicted molar refractivity (Wildman–Crippen MR) is 155 cm³/mol. The van der Waals surface area contributed by atoms with Gasteiger partial charge < -0.3 is 14.2 Å². The van der Waals surface area contributed by atoms with Crippen molar-refractivity contribution in [1.82, 2.24) is 4.57 Å². The van der Waals surface area contributed by atoms with Crippen molar-refractivity contribution in [3.63, 3.8) is 0 Å². The third-order valence-corrected chi connectivity index (χ3v) is 7.63. The van der Waals surface area contributed by atoms with Gasteiger partial charge >= 0.3 is 5.97 Å². The van der Waals surface area contributed by atoms with Gasteiger partial charge in [-0.15, -0.1) is 0 Å².